The van der Waals surface area contributed by atoms with Crippen LogP contribution in [0.5, 0.6) is 0 Å². The van der Waals surface area contributed by atoms with E-state index in [4.69, 9.17) is 0 Å². The third-order valence-corrected chi connectivity index (χ3v) is 4.85. The van der Waals surface area contributed by atoms with Crippen LogP contribution in [0.4, 0.5) is 4.39 Å². The van der Waals surface area contributed by atoms with E-state index < -0.39 is 15.8 Å². The van der Waals surface area contributed by atoms with E-state index in [1.54, 1.807) is 4.68 Å². The van der Waals surface area contributed by atoms with E-state index in [1.165, 1.54) is 28.8 Å². The smallest absolute Gasteiger partial charge is 0.243 e. The minimum absolute atomic E-state index is 0.0412. The van der Waals surface area contributed by atoms with Crippen LogP contribution in [0.3, 0.4) is 0 Å². The van der Waals surface area contributed by atoms with Gasteiger partial charge in [0.2, 0.25) is 10.0 Å². The van der Waals surface area contributed by atoms with Crippen LogP contribution in [0, 0.1) is 5.82 Å². The predicted octanol–water partition coefficient (Wildman–Crippen LogP) is 0.622. The SMILES string of the molecule is O=S(=O)(c1cccc(F)c1)N1CCn2ncnc2C1. The largest absolute Gasteiger partial charge is 0.247 e. The number of aromatic nitrogens is 3. The Morgan fingerprint density at radius 1 is 1.26 bits per heavy atom. The van der Waals surface area contributed by atoms with Gasteiger partial charge in [-0.15, -0.1) is 0 Å². The van der Waals surface area contributed by atoms with Gasteiger partial charge in [-0.05, 0) is 18.2 Å². The number of hydrogen-bond donors (Lipinski definition) is 0. The predicted molar refractivity (Wildman–Crippen MR) is 64.0 cm³/mol. The Labute approximate surface area is 109 Å². The van der Waals surface area contributed by atoms with E-state index in [9.17, 15) is 12.8 Å². The number of hydrogen-bond acceptors (Lipinski definition) is 4. The summed E-state index contributed by atoms with van der Waals surface area (Å²) < 4.78 is 40.8. The molecule has 0 amide bonds. The van der Waals surface area contributed by atoms with Crippen molar-refractivity contribution in [2.75, 3.05) is 6.54 Å². The standard InChI is InChI=1S/C11H11FN4O2S/c12-9-2-1-3-10(6-9)19(17,18)15-4-5-16-11(7-15)13-8-14-16/h1-3,6,8H,4-5,7H2. The molecule has 1 aromatic heterocycles. The van der Waals surface area contributed by atoms with E-state index in [-0.39, 0.29) is 11.4 Å². The molecule has 1 aromatic carbocycles. The Kier molecular flexibility index (Phi) is 2.83. The molecule has 0 saturated heterocycles. The molecule has 2 aromatic rings. The Hall–Kier alpha value is -1.80. The first-order valence-corrected chi connectivity index (χ1v) is 7.14. The number of fused-ring (bicyclic) bond motifs is 1. The molecule has 3 rings (SSSR count). The Balaban J connectivity index is 1.94. The first-order valence-electron chi connectivity index (χ1n) is 5.70. The van der Waals surface area contributed by atoms with Crippen LogP contribution >= 0.6 is 0 Å². The fourth-order valence-electron chi connectivity index (χ4n) is 2.02. The maximum absolute atomic E-state index is 13.1. The lowest BCUT2D eigenvalue weighted by Gasteiger charge is -2.25. The van der Waals surface area contributed by atoms with Gasteiger partial charge in [-0.3, -0.25) is 0 Å². The molecule has 2 heterocycles. The highest BCUT2D eigenvalue weighted by molar-refractivity contribution is 7.89. The second-order valence-corrected chi connectivity index (χ2v) is 6.13. The lowest BCUT2D eigenvalue weighted by molar-refractivity contribution is 0.321. The van der Waals surface area contributed by atoms with E-state index in [2.05, 4.69) is 10.1 Å². The number of halogens is 1. The molecule has 19 heavy (non-hydrogen) atoms. The monoisotopic (exact) mass is 282 g/mol. The molecule has 0 spiro atoms. The minimum Gasteiger partial charge on any atom is -0.247 e. The molecule has 100 valence electrons. The molecular formula is C11H11FN4O2S. The number of sulfonamides is 1. The van der Waals surface area contributed by atoms with Gasteiger partial charge in [-0.1, -0.05) is 6.07 Å². The molecule has 6 nitrogen and oxygen atoms in total. The van der Waals surface area contributed by atoms with Crippen LogP contribution in [-0.2, 0) is 23.1 Å². The highest BCUT2D eigenvalue weighted by Gasteiger charge is 2.29. The highest BCUT2D eigenvalue weighted by Crippen LogP contribution is 2.20. The fourth-order valence-corrected chi connectivity index (χ4v) is 3.44. The second kappa shape index (κ2) is 4.39. The normalized spacial score (nSPS) is 16.3. The third-order valence-electron chi connectivity index (χ3n) is 3.01. The maximum Gasteiger partial charge on any atom is 0.243 e. The van der Waals surface area contributed by atoms with Crippen molar-refractivity contribution < 1.29 is 12.8 Å². The van der Waals surface area contributed by atoms with Crippen molar-refractivity contribution in [3.05, 3.63) is 42.2 Å². The maximum atomic E-state index is 13.1. The summed E-state index contributed by atoms with van der Waals surface area (Å²) in [7, 11) is -3.69. The van der Waals surface area contributed by atoms with Gasteiger partial charge in [-0.25, -0.2) is 22.5 Å². The van der Waals surface area contributed by atoms with Crippen molar-refractivity contribution >= 4 is 10.0 Å². The zero-order valence-corrected chi connectivity index (χ0v) is 10.7. The summed E-state index contributed by atoms with van der Waals surface area (Å²) >= 11 is 0. The summed E-state index contributed by atoms with van der Waals surface area (Å²) in [5, 5.41) is 3.98. The van der Waals surface area contributed by atoms with Crippen LogP contribution in [-0.4, -0.2) is 34.0 Å². The van der Waals surface area contributed by atoms with Crippen molar-refractivity contribution in [3.8, 4) is 0 Å². The van der Waals surface area contributed by atoms with Gasteiger partial charge in [0.15, 0.2) is 0 Å². The lowest BCUT2D eigenvalue weighted by atomic mass is 10.4. The molecule has 0 aliphatic carbocycles. The van der Waals surface area contributed by atoms with Gasteiger partial charge in [0, 0.05) is 6.54 Å². The van der Waals surface area contributed by atoms with E-state index in [0.29, 0.717) is 18.9 Å². The van der Waals surface area contributed by atoms with E-state index >= 15 is 0 Å². The van der Waals surface area contributed by atoms with Crippen LogP contribution in [0.1, 0.15) is 5.82 Å². The van der Waals surface area contributed by atoms with Gasteiger partial charge in [-0.2, -0.15) is 9.40 Å². The summed E-state index contributed by atoms with van der Waals surface area (Å²) in [5.41, 5.74) is 0. The molecule has 1 aliphatic heterocycles. The summed E-state index contributed by atoms with van der Waals surface area (Å²) in [6.45, 7) is 0.901. The molecule has 8 heteroatoms. The molecule has 0 radical (unpaired) electrons. The van der Waals surface area contributed by atoms with Gasteiger partial charge in [0.25, 0.3) is 0 Å². The molecule has 0 saturated carbocycles. The molecule has 1 aliphatic rings. The quantitative estimate of drug-likeness (QED) is 0.810. The fraction of sp³-hybridized carbons (Fsp3) is 0.273. The second-order valence-electron chi connectivity index (χ2n) is 4.20. The number of benzene rings is 1. The first-order chi connectivity index (χ1) is 9.07. The zero-order valence-electron chi connectivity index (χ0n) is 9.90. The average molecular weight is 282 g/mol. The Morgan fingerprint density at radius 3 is 2.89 bits per heavy atom. The Bertz CT molecular complexity index is 713. The number of rotatable bonds is 2. The van der Waals surface area contributed by atoms with Gasteiger partial charge in [0.1, 0.15) is 18.0 Å². The van der Waals surface area contributed by atoms with Crippen LogP contribution < -0.4 is 0 Å². The molecule has 0 N–H and O–H groups in total. The molecular weight excluding hydrogens is 271 g/mol. The summed E-state index contributed by atoms with van der Waals surface area (Å²) in [5.74, 6) is 0.0208. The van der Waals surface area contributed by atoms with E-state index in [0.717, 1.165) is 6.07 Å². The highest BCUT2D eigenvalue weighted by atomic mass is 32.2. The van der Waals surface area contributed by atoms with Crippen LogP contribution in [0.2, 0.25) is 0 Å². The first kappa shape index (κ1) is 12.2. The van der Waals surface area contributed by atoms with Crippen molar-refractivity contribution in [1.29, 1.82) is 0 Å². The Morgan fingerprint density at radius 2 is 2.11 bits per heavy atom. The van der Waals surface area contributed by atoms with E-state index in [1.807, 2.05) is 0 Å². The van der Waals surface area contributed by atoms with Gasteiger partial charge < -0.3 is 0 Å². The molecule has 0 fully saturated rings. The van der Waals surface area contributed by atoms with Crippen molar-refractivity contribution in [3.63, 3.8) is 0 Å². The zero-order chi connectivity index (χ0) is 13.5. The molecule has 0 bridgehead atoms. The average Bonchev–Trinajstić information content (AvgIpc) is 2.85. The van der Waals surface area contributed by atoms with Crippen molar-refractivity contribution in [1.82, 2.24) is 19.1 Å². The van der Waals surface area contributed by atoms with Crippen LogP contribution in [0.15, 0.2) is 35.5 Å². The molecule has 0 atom stereocenters. The summed E-state index contributed by atoms with van der Waals surface area (Å²) in [6.07, 6.45) is 1.40. The number of nitrogens with zero attached hydrogens (tertiary/aromatic N) is 4. The van der Waals surface area contributed by atoms with Crippen molar-refractivity contribution in [2.24, 2.45) is 0 Å². The topological polar surface area (TPSA) is 68.1 Å². The summed E-state index contributed by atoms with van der Waals surface area (Å²) in [6, 6.07) is 5.01. The summed E-state index contributed by atoms with van der Waals surface area (Å²) in [4.78, 5) is 3.96. The molecule has 0 unspecified atom stereocenters. The third kappa shape index (κ3) is 2.13. The van der Waals surface area contributed by atoms with Crippen molar-refractivity contribution in [2.45, 2.75) is 18.0 Å². The van der Waals surface area contributed by atoms with Gasteiger partial charge >= 0.3 is 0 Å². The van der Waals surface area contributed by atoms with Crippen LogP contribution in [0.25, 0.3) is 0 Å². The lowest BCUT2D eigenvalue weighted by Crippen LogP contribution is -2.38. The minimum atomic E-state index is -3.69. The van der Waals surface area contributed by atoms with Gasteiger partial charge in [0.05, 0.1) is 18.0 Å².